The average Bonchev–Trinajstić information content (AvgIpc) is 2.53. The number of hydrogen-bond donors (Lipinski definition) is 1. The van der Waals surface area contributed by atoms with Crippen molar-refractivity contribution in [2.45, 2.75) is 13.5 Å². The van der Waals surface area contributed by atoms with E-state index >= 15 is 0 Å². The molecular weight excluding hydrogens is 230 g/mol. The molecule has 1 aromatic heterocycles. The lowest BCUT2D eigenvalue weighted by molar-refractivity contribution is 0.277. The zero-order chi connectivity index (χ0) is 11.8. The Balaban J connectivity index is 2.35. The summed E-state index contributed by atoms with van der Waals surface area (Å²) in [5.74, 6) is 0.468. The molecule has 86 valence electrons. The van der Waals surface area contributed by atoms with Crippen molar-refractivity contribution in [3.63, 3.8) is 0 Å². The van der Waals surface area contributed by atoms with E-state index in [1.807, 2.05) is 31.2 Å². The summed E-state index contributed by atoms with van der Waals surface area (Å²) in [5.41, 5.74) is 1.56. The Morgan fingerprint density at radius 3 is 2.69 bits per heavy atom. The molecule has 16 heavy (non-hydrogen) atoms. The first kappa shape index (κ1) is 11.1. The van der Waals surface area contributed by atoms with Gasteiger partial charge in [-0.1, -0.05) is 18.2 Å². The van der Waals surface area contributed by atoms with E-state index in [1.54, 1.807) is 0 Å². The van der Waals surface area contributed by atoms with Crippen LogP contribution in [0.3, 0.4) is 0 Å². The topological polar surface area (TPSA) is 82.5 Å². The van der Waals surface area contributed by atoms with Crippen LogP contribution in [-0.4, -0.2) is 8.42 Å². The van der Waals surface area contributed by atoms with E-state index in [2.05, 4.69) is 4.18 Å². The summed E-state index contributed by atoms with van der Waals surface area (Å²) in [4.78, 5) is 0. The third kappa shape index (κ3) is 2.24. The maximum absolute atomic E-state index is 10.6. The summed E-state index contributed by atoms with van der Waals surface area (Å²) in [7, 11) is -3.94. The SMILES string of the molecule is Cc1c(COS(N)(=O)=O)oc2ccccc12. The lowest BCUT2D eigenvalue weighted by atomic mass is 10.1. The molecule has 2 aromatic rings. The minimum Gasteiger partial charge on any atom is -0.458 e. The number of fused-ring (bicyclic) bond motifs is 1. The highest BCUT2D eigenvalue weighted by Crippen LogP contribution is 2.25. The minimum atomic E-state index is -3.94. The summed E-state index contributed by atoms with van der Waals surface area (Å²) in [6.45, 7) is 1.66. The monoisotopic (exact) mass is 241 g/mol. The van der Waals surface area contributed by atoms with Crippen LogP contribution >= 0.6 is 0 Å². The van der Waals surface area contributed by atoms with Gasteiger partial charge < -0.3 is 4.42 Å². The highest BCUT2D eigenvalue weighted by Gasteiger charge is 2.12. The van der Waals surface area contributed by atoms with Crippen LogP contribution in [0.15, 0.2) is 28.7 Å². The second-order valence-corrected chi connectivity index (χ2v) is 4.62. The van der Waals surface area contributed by atoms with E-state index in [0.717, 1.165) is 10.9 Å². The summed E-state index contributed by atoms with van der Waals surface area (Å²) in [6.07, 6.45) is 0. The van der Waals surface area contributed by atoms with Gasteiger partial charge in [0.15, 0.2) is 0 Å². The van der Waals surface area contributed by atoms with Gasteiger partial charge in [0.25, 0.3) is 0 Å². The standard InChI is InChI=1S/C10H11NO4S/c1-7-8-4-2-3-5-9(8)15-10(7)6-14-16(11,12)13/h2-5H,6H2,1H3,(H2,11,12,13). The molecule has 0 spiro atoms. The molecule has 0 amide bonds. The van der Waals surface area contributed by atoms with E-state index < -0.39 is 10.3 Å². The normalized spacial score (nSPS) is 12.1. The molecule has 1 aromatic carbocycles. The maximum atomic E-state index is 10.6. The van der Waals surface area contributed by atoms with E-state index in [4.69, 9.17) is 9.56 Å². The van der Waals surface area contributed by atoms with Crippen LogP contribution in [0, 0.1) is 6.92 Å². The zero-order valence-corrected chi connectivity index (χ0v) is 9.45. The molecule has 0 radical (unpaired) electrons. The van der Waals surface area contributed by atoms with E-state index in [0.29, 0.717) is 11.3 Å². The van der Waals surface area contributed by atoms with Crippen molar-refractivity contribution in [2.24, 2.45) is 5.14 Å². The summed E-state index contributed by atoms with van der Waals surface area (Å²) in [6, 6.07) is 7.43. The Kier molecular flexibility index (Phi) is 2.71. The molecule has 0 aliphatic heterocycles. The van der Waals surface area contributed by atoms with Crippen LogP contribution in [0.25, 0.3) is 11.0 Å². The molecular formula is C10H11NO4S. The molecule has 0 bridgehead atoms. The van der Waals surface area contributed by atoms with Crippen molar-refractivity contribution < 1.29 is 17.0 Å². The van der Waals surface area contributed by atoms with Gasteiger partial charge in [0.2, 0.25) is 0 Å². The van der Waals surface area contributed by atoms with Gasteiger partial charge in [0.1, 0.15) is 18.0 Å². The van der Waals surface area contributed by atoms with Gasteiger partial charge >= 0.3 is 10.3 Å². The summed E-state index contributed by atoms with van der Waals surface area (Å²) < 4.78 is 31.2. The number of rotatable bonds is 3. The Labute approximate surface area is 93.1 Å². The predicted octanol–water partition coefficient (Wildman–Crippen LogP) is 1.46. The van der Waals surface area contributed by atoms with Crippen molar-refractivity contribution in [1.82, 2.24) is 0 Å². The van der Waals surface area contributed by atoms with Crippen LogP contribution in [0.1, 0.15) is 11.3 Å². The fourth-order valence-electron chi connectivity index (χ4n) is 1.50. The number of furan rings is 1. The Morgan fingerprint density at radius 2 is 2.06 bits per heavy atom. The molecule has 0 aliphatic carbocycles. The molecule has 1 heterocycles. The maximum Gasteiger partial charge on any atom is 0.333 e. The van der Waals surface area contributed by atoms with Gasteiger partial charge in [-0.15, -0.1) is 0 Å². The smallest absolute Gasteiger partial charge is 0.333 e. The molecule has 5 nitrogen and oxygen atoms in total. The van der Waals surface area contributed by atoms with Gasteiger partial charge in [-0.05, 0) is 13.0 Å². The number of hydrogen-bond acceptors (Lipinski definition) is 4. The highest BCUT2D eigenvalue weighted by atomic mass is 32.2. The van der Waals surface area contributed by atoms with E-state index in [1.165, 1.54) is 0 Å². The molecule has 2 N–H and O–H groups in total. The van der Waals surface area contributed by atoms with Gasteiger partial charge in [-0.2, -0.15) is 8.42 Å². The zero-order valence-electron chi connectivity index (χ0n) is 8.64. The Morgan fingerprint density at radius 1 is 1.38 bits per heavy atom. The molecule has 0 atom stereocenters. The molecule has 0 fully saturated rings. The Bertz CT molecular complexity index is 615. The third-order valence-electron chi connectivity index (χ3n) is 2.30. The number of nitrogens with two attached hydrogens (primary N) is 1. The van der Waals surface area contributed by atoms with Gasteiger partial charge in [0, 0.05) is 10.9 Å². The van der Waals surface area contributed by atoms with Crippen molar-refractivity contribution in [1.29, 1.82) is 0 Å². The summed E-state index contributed by atoms with van der Waals surface area (Å²) >= 11 is 0. The first-order chi connectivity index (χ1) is 7.47. The molecule has 0 saturated carbocycles. The first-order valence-corrected chi connectivity index (χ1v) is 6.08. The van der Waals surface area contributed by atoms with Crippen molar-refractivity contribution in [3.05, 3.63) is 35.6 Å². The van der Waals surface area contributed by atoms with Crippen molar-refractivity contribution in [2.75, 3.05) is 0 Å². The Hall–Kier alpha value is -1.37. The van der Waals surface area contributed by atoms with E-state index in [9.17, 15) is 8.42 Å². The second kappa shape index (κ2) is 3.89. The molecule has 0 unspecified atom stereocenters. The number of para-hydroxylation sites is 1. The largest absolute Gasteiger partial charge is 0.458 e. The lowest BCUT2D eigenvalue weighted by Crippen LogP contribution is -2.15. The number of aryl methyl sites for hydroxylation is 1. The molecule has 2 rings (SSSR count). The molecule has 0 saturated heterocycles. The first-order valence-electron chi connectivity index (χ1n) is 4.61. The average molecular weight is 241 g/mol. The quantitative estimate of drug-likeness (QED) is 0.881. The number of benzene rings is 1. The third-order valence-corrected chi connectivity index (χ3v) is 2.74. The fraction of sp³-hybridized carbons (Fsp3) is 0.200. The fourth-order valence-corrected chi connectivity index (χ4v) is 1.77. The highest BCUT2D eigenvalue weighted by molar-refractivity contribution is 7.84. The molecule has 0 aliphatic rings. The van der Waals surface area contributed by atoms with Crippen molar-refractivity contribution >= 4 is 21.3 Å². The minimum absolute atomic E-state index is 0.181. The van der Waals surface area contributed by atoms with Gasteiger partial charge in [-0.25, -0.2) is 5.14 Å². The predicted molar refractivity (Wildman–Crippen MR) is 58.8 cm³/mol. The van der Waals surface area contributed by atoms with Crippen molar-refractivity contribution in [3.8, 4) is 0 Å². The van der Waals surface area contributed by atoms with Crippen LogP contribution in [0.4, 0.5) is 0 Å². The van der Waals surface area contributed by atoms with Crippen LogP contribution in [-0.2, 0) is 21.1 Å². The van der Waals surface area contributed by atoms with Crippen LogP contribution < -0.4 is 5.14 Å². The lowest BCUT2D eigenvalue weighted by Gasteiger charge is -1.98. The van der Waals surface area contributed by atoms with Crippen LogP contribution in [0.5, 0.6) is 0 Å². The van der Waals surface area contributed by atoms with Gasteiger partial charge in [-0.3, -0.25) is 4.18 Å². The second-order valence-electron chi connectivity index (χ2n) is 3.40. The van der Waals surface area contributed by atoms with E-state index in [-0.39, 0.29) is 6.61 Å². The molecule has 6 heteroatoms. The van der Waals surface area contributed by atoms with Gasteiger partial charge in [0.05, 0.1) is 0 Å². The summed E-state index contributed by atoms with van der Waals surface area (Å²) in [5, 5.41) is 5.68. The van der Waals surface area contributed by atoms with Crippen LogP contribution in [0.2, 0.25) is 0 Å².